The predicted octanol–water partition coefficient (Wildman–Crippen LogP) is 2.79. The van der Waals surface area contributed by atoms with Gasteiger partial charge in [-0.1, -0.05) is 6.42 Å². The first-order valence-electron chi connectivity index (χ1n) is 7.24. The van der Waals surface area contributed by atoms with Gasteiger partial charge < -0.3 is 5.32 Å². The van der Waals surface area contributed by atoms with Crippen molar-refractivity contribution in [1.82, 2.24) is 5.32 Å². The van der Waals surface area contributed by atoms with Gasteiger partial charge in [0.2, 0.25) is 0 Å². The van der Waals surface area contributed by atoms with Crippen molar-refractivity contribution in [3.63, 3.8) is 0 Å². The Balaban J connectivity index is 2.01. The zero-order valence-electron chi connectivity index (χ0n) is 12.6. The van der Waals surface area contributed by atoms with Crippen LogP contribution in [0.4, 0.5) is 13.2 Å². The van der Waals surface area contributed by atoms with Gasteiger partial charge >= 0.3 is 6.18 Å². The molecule has 1 aromatic carbocycles. The lowest BCUT2D eigenvalue weighted by Gasteiger charge is -2.28. The number of carbonyl (C=O) groups excluding carboxylic acids is 1. The van der Waals surface area contributed by atoms with E-state index < -0.39 is 32.7 Å². The summed E-state index contributed by atoms with van der Waals surface area (Å²) in [6.07, 6.45) is -0.996. The van der Waals surface area contributed by atoms with Crippen LogP contribution in [-0.2, 0) is 16.0 Å². The molecule has 2 atom stereocenters. The van der Waals surface area contributed by atoms with Gasteiger partial charge in [-0.2, -0.15) is 13.2 Å². The molecule has 0 bridgehead atoms. The number of halogens is 3. The van der Waals surface area contributed by atoms with Crippen LogP contribution in [0.3, 0.4) is 0 Å². The van der Waals surface area contributed by atoms with Gasteiger partial charge in [-0.25, -0.2) is 8.42 Å². The van der Waals surface area contributed by atoms with Gasteiger partial charge in [0, 0.05) is 17.9 Å². The third kappa shape index (κ3) is 4.70. The molecule has 1 fully saturated rings. The topological polar surface area (TPSA) is 63.2 Å². The van der Waals surface area contributed by atoms with Crippen LogP contribution in [0.25, 0.3) is 0 Å². The van der Waals surface area contributed by atoms with Crippen LogP contribution >= 0.6 is 0 Å². The normalized spacial score (nSPS) is 22.6. The maximum atomic E-state index is 12.5. The number of rotatable bonds is 3. The van der Waals surface area contributed by atoms with Gasteiger partial charge in [-0.05, 0) is 43.5 Å². The van der Waals surface area contributed by atoms with Crippen LogP contribution in [0.5, 0.6) is 0 Å². The number of benzene rings is 1. The molecule has 0 unspecified atom stereocenters. The molecule has 8 heteroatoms. The second-order valence-corrected chi connectivity index (χ2v) is 8.19. The minimum atomic E-state index is -4.44. The molecule has 0 spiro atoms. The van der Waals surface area contributed by atoms with Crippen LogP contribution in [0.1, 0.15) is 41.6 Å². The van der Waals surface area contributed by atoms with Crippen molar-refractivity contribution < 1.29 is 26.4 Å². The molecule has 1 saturated carbocycles. The number of hydrogen-bond acceptors (Lipinski definition) is 3. The Morgan fingerprint density at radius 2 is 1.78 bits per heavy atom. The van der Waals surface area contributed by atoms with Crippen LogP contribution in [-0.4, -0.2) is 31.9 Å². The highest BCUT2D eigenvalue weighted by Crippen LogP contribution is 2.29. The molecule has 1 aliphatic carbocycles. The van der Waals surface area contributed by atoms with E-state index in [4.69, 9.17) is 0 Å². The molecule has 0 aliphatic heterocycles. The maximum Gasteiger partial charge on any atom is 0.416 e. The standard InChI is InChI=1S/C15H18F3NO3S/c1-23(21,22)13-4-2-3-12(9-13)19-14(20)10-5-7-11(8-6-10)15(16,17)18/h5-8,12-13H,2-4,9H2,1H3,(H,19,20)/t12-,13-/m1/s1. The minimum absolute atomic E-state index is 0.125. The quantitative estimate of drug-likeness (QED) is 0.913. The third-order valence-electron chi connectivity index (χ3n) is 4.04. The first kappa shape index (κ1) is 17.8. The van der Waals surface area contributed by atoms with Crippen LogP contribution < -0.4 is 5.32 Å². The Morgan fingerprint density at radius 3 is 2.30 bits per heavy atom. The molecule has 0 heterocycles. The molecule has 4 nitrogen and oxygen atoms in total. The van der Waals surface area contributed by atoms with Crippen molar-refractivity contribution in [2.75, 3.05) is 6.26 Å². The first-order valence-corrected chi connectivity index (χ1v) is 9.20. The highest BCUT2D eigenvalue weighted by atomic mass is 32.2. The molecule has 1 N–H and O–H groups in total. The van der Waals surface area contributed by atoms with Crippen molar-refractivity contribution in [2.45, 2.75) is 43.2 Å². The smallest absolute Gasteiger partial charge is 0.349 e. The number of carbonyl (C=O) groups is 1. The van der Waals surface area contributed by atoms with E-state index in [0.717, 1.165) is 24.3 Å². The molecule has 23 heavy (non-hydrogen) atoms. The van der Waals surface area contributed by atoms with Crippen LogP contribution in [0.15, 0.2) is 24.3 Å². The Bertz CT molecular complexity index is 668. The summed E-state index contributed by atoms with van der Waals surface area (Å²) in [4.78, 5) is 12.1. The highest BCUT2D eigenvalue weighted by molar-refractivity contribution is 7.91. The monoisotopic (exact) mass is 349 g/mol. The second-order valence-electron chi connectivity index (χ2n) is 5.86. The SMILES string of the molecule is CS(=O)(=O)[C@@H]1CCC[C@@H](NC(=O)c2ccc(C(F)(F)F)cc2)C1. The second kappa shape index (κ2) is 6.51. The number of nitrogens with one attached hydrogen (secondary N) is 1. The molecular weight excluding hydrogens is 331 g/mol. The Labute approximate surface area is 133 Å². The fourth-order valence-electron chi connectivity index (χ4n) is 2.74. The summed E-state index contributed by atoms with van der Waals surface area (Å²) in [7, 11) is -3.16. The van der Waals surface area contributed by atoms with Crippen molar-refractivity contribution >= 4 is 15.7 Å². The zero-order valence-corrected chi connectivity index (χ0v) is 13.4. The maximum absolute atomic E-state index is 12.5. The van der Waals surface area contributed by atoms with Gasteiger partial charge in [0.25, 0.3) is 5.91 Å². The lowest BCUT2D eigenvalue weighted by atomic mass is 9.94. The summed E-state index contributed by atoms with van der Waals surface area (Å²) in [5.41, 5.74) is -0.691. The molecule has 128 valence electrons. The summed E-state index contributed by atoms with van der Waals surface area (Å²) in [6.45, 7) is 0. The van der Waals surface area contributed by atoms with E-state index >= 15 is 0 Å². The van der Waals surface area contributed by atoms with Crippen molar-refractivity contribution in [1.29, 1.82) is 0 Å². The van der Waals surface area contributed by atoms with E-state index in [1.807, 2.05) is 0 Å². The molecule has 0 saturated heterocycles. The van der Waals surface area contributed by atoms with Gasteiger partial charge in [0.05, 0.1) is 10.8 Å². The summed E-state index contributed by atoms with van der Waals surface area (Å²) in [5, 5.41) is 2.23. The molecule has 2 rings (SSSR count). The summed E-state index contributed by atoms with van der Waals surface area (Å²) in [5.74, 6) is -0.488. The molecule has 0 aromatic heterocycles. The fraction of sp³-hybridized carbons (Fsp3) is 0.533. The van der Waals surface area contributed by atoms with E-state index in [0.29, 0.717) is 25.7 Å². The van der Waals surface area contributed by atoms with Crippen LogP contribution in [0.2, 0.25) is 0 Å². The summed E-state index contributed by atoms with van der Waals surface area (Å²) >= 11 is 0. The van der Waals surface area contributed by atoms with Gasteiger partial charge in [-0.3, -0.25) is 4.79 Å². The van der Waals surface area contributed by atoms with Gasteiger partial charge in [-0.15, -0.1) is 0 Å². The van der Waals surface area contributed by atoms with Gasteiger partial charge in [0.1, 0.15) is 9.84 Å². The minimum Gasteiger partial charge on any atom is -0.349 e. The van der Waals surface area contributed by atoms with E-state index in [1.165, 1.54) is 6.26 Å². The van der Waals surface area contributed by atoms with E-state index in [2.05, 4.69) is 5.32 Å². The molecule has 1 aliphatic rings. The average molecular weight is 349 g/mol. The van der Waals surface area contributed by atoms with Crippen molar-refractivity contribution in [3.8, 4) is 0 Å². The van der Waals surface area contributed by atoms with E-state index in [1.54, 1.807) is 0 Å². The molecule has 1 amide bonds. The molecule has 1 aromatic rings. The fourth-order valence-corrected chi connectivity index (χ4v) is 3.92. The summed E-state index contributed by atoms with van der Waals surface area (Å²) in [6, 6.07) is 3.67. The number of hydrogen-bond donors (Lipinski definition) is 1. The lowest BCUT2D eigenvalue weighted by molar-refractivity contribution is -0.137. The van der Waals surface area contributed by atoms with Gasteiger partial charge in [0.15, 0.2) is 0 Å². The Morgan fingerprint density at radius 1 is 1.17 bits per heavy atom. The Hall–Kier alpha value is -1.57. The Kier molecular flexibility index (Phi) is 5.03. The number of sulfone groups is 1. The third-order valence-corrected chi connectivity index (χ3v) is 5.68. The largest absolute Gasteiger partial charge is 0.416 e. The van der Waals surface area contributed by atoms with Crippen LogP contribution in [0, 0.1) is 0 Å². The van der Waals surface area contributed by atoms with Crippen molar-refractivity contribution in [2.24, 2.45) is 0 Å². The first-order chi connectivity index (χ1) is 10.6. The van der Waals surface area contributed by atoms with E-state index in [-0.39, 0.29) is 11.6 Å². The number of alkyl halides is 3. The summed E-state index contributed by atoms with van der Waals surface area (Å²) < 4.78 is 60.7. The molecular formula is C15H18F3NO3S. The number of amides is 1. The predicted molar refractivity (Wildman–Crippen MR) is 79.8 cm³/mol. The lowest BCUT2D eigenvalue weighted by Crippen LogP contribution is -2.41. The highest BCUT2D eigenvalue weighted by Gasteiger charge is 2.31. The van der Waals surface area contributed by atoms with E-state index in [9.17, 15) is 26.4 Å². The molecule has 0 radical (unpaired) electrons. The average Bonchev–Trinajstić information content (AvgIpc) is 2.46. The van der Waals surface area contributed by atoms with Crippen molar-refractivity contribution in [3.05, 3.63) is 35.4 Å². The zero-order chi connectivity index (χ0) is 17.3.